The molecule has 0 saturated carbocycles. The molecular formula is C14H25N3O3. The summed E-state index contributed by atoms with van der Waals surface area (Å²) in [7, 11) is 0. The lowest BCUT2D eigenvalue weighted by Gasteiger charge is -2.31. The third kappa shape index (κ3) is 4.45. The Morgan fingerprint density at radius 3 is 2.40 bits per heavy atom. The summed E-state index contributed by atoms with van der Waals surface area (Å²) in [6.07, 6.45) is 1.56. The van der Waals surface area contributed by atoms with Crippen molar-refractivity contribution >= 4 is 11.8 Å². The maximum atomic E-state index is 12.1. The lowest BCUT2D eigenvalue weighted by atomic mass is 9.96. The number of carbonyl (C=O) groups excluding carboxylic acids is 2. The van der Waals surface area contributed by atoms with Gasteiger partial charge in [-0.05, 0) is 12.8 Å². The highest BCUT2D eigenvalue weighted by molar-refractivity contribution is 5.79. The van der Waals surface area contributed by atoms with Gasteiger partial charge >= 0.3 is 0 Å². The lowest BCUT2D eigenvalue weighted by Crippen LogP contribution is -2.45. The molecule has 2 fully saturated rings. The van der Waals surface area contributed by atoms with E-state index in [0.717, 1.165) is 45.7 Å². The van der Waals surface area contributed by atoms with Crippen molar-refractivity contribution < 1.29 is 14.3 Å². The molecule has 0 aliphatic carbocycles. The van der Waals surface area contributed by atoms with Gasteiger partial charge in [0.05, 0.1) is 13.2 Å². The number of hydrogen-bond acceptors (Lipinski definition) is 4. The number of nitrogens with one attached hydrogen (secondary N) is 1. The summed E-state index contributed by atoms with van der Waals surface area (Å²) in [6, 6.07) is 0. The molecule has 114 valence electrons. The molecule has 2 aliphatic heterocycles. The Balaban J connectivity index is 1.61. The van der Waals surface area contributed by atoms with E-state index in [1.807, 2.05) is 4.90 Å². The van der Waals surface area contributed by atoms with Crippen molar-refractivity contribution in [3.05, 3.63) is 0 Å². The molecule has 6 nitrogen and oxygen atoms in total. The van der Waals surface area contributed by atoms with E-state index < -0.39 is 0 Å². The minimum atomic E-state index is 0.0651. The zero-order valence-corrected chi connectivity index (χ0v) is 12.3. The first-order valence-corrected chi connectivity index (χ1v) is 7.50. The number of nitrogens with zero attached hydrogens (tertiary/aromatic N) is 2. The van der Waals surface area contributed by atoms with Crippen LogP contribution >= 0.6 is 0 Å². The Bertz CT molecular complexity index is 335. The van der Waals surface area contributed by atoms with Crippen molar-refractivity contribution in [3.8, 4) is 0 Å². The minimum absolute atomic E-state index is 0.0651. The predicted molar refractivity (Wildman–Crippen MR) is 75.2 cm³/mol. The Morgan fingerprint density at radius 1 is 1.15 bits per heavy atom. The van der Waals surface area contributed by atoms with Crippen LogP contribution in [0.4, 0.5) is 0 Å². The average molecular weight is 283 g/mol. The first-order chi connectivity index (χ1) is 9.66. The molecule has 0 spiro atoms. The summed E-state index contributed by atoms with van der Waals surface area (Å²) < 4.78 is 5.29. The van der Waals surface area contributed by atoms with E-state index in [1.165, 1.54) is 0 Å². The van der Waals surface area contributed by atoms with Crippen LogP contribution < -0.4 is 5.32 Å². The smallest absolute Gasteiger partial charge is 0.223 e. The van der Waals surface area contributed by atoms with Gasteiger partial charge in [0.25, 0.3) is 0 Å². The van der Waals surface area contributed by atoms with E-state index in [-0.39, 0.29) is 17.7 Å². The average Bonchev–Trinajstić information content (AvgIpc) is 2.48. The van der Waals surface area contributed by atoms with Crippen LogP contribution in [0.15, 0.2) is 0 Å². The maximum Gasteiger partial charge on any atom is 0.223 e. The topological polar surface area (TPSA) is 61.9 Å². The van der Waals surface area contributed by atoms with E-state index in [9.17, 15) is 9.59 Å². The molecule has 0 aromatic heterocycles. The molecule has 0 aromatic rings. The molecular weight excluding hydrogens is 258 g/mol. The summed E-state index contributed by atoms with van der Waals surface area (Å²) in [5.74, 6) is 0.313. The van der Waals surface area contributed by atoms with Crippen LogP contribution in [-0.4, -0.2) is 74.1 Å². The fourth-order valence-corrected chi connectivity index (χ4v) is 2.76. The van der Waals surface area contributed by atoms with Crippen LogP contribution in [0, 0.1) is 5.92 Å². The molecule has 0 atom stereocenters. The summed E-state index contributed by atoms with van der Waals surface area (Å²) >= 11 is 0. The summed E-state index contributed by atoms with van der Waals surface area (Å²) in [6.45, 7) is 8.07. The van der Waals surface area contributed by atoms with Crippen LogP contribution in [0.3, 0.4) is 0 Å². The van der Waals surface area contributed by atoms with Gasteiger partial charge in [-0.15, -0.1) is 0 Å². The molecule has 2 amide bonds. The zero-order chi connectivity index (χ0) is 14.4. The van der Waals surface area contributed by atoms with Crippen LogP contribution in [0.5, 0.6) is 0 Å². The highest BCUT2D eigenvalue weighted by atomic mass is 16.5. The van der Waals surface area contributed by atoms with E-state index in [4.69, 9.17) is 4.74 Å². The van der Waals surface area contributed by atoms with E-state index in [1.54, 1.807) is 6.92 Å². The van der Waals surface area contributed by atoms with Crippen LogP contribution in [-0.2, 0) is 14.3 Å². The number of hydrogen-bond donors (Lipinski definition) is 1. The molecule has 6 heteroatoms. The first-order valence-electron chi connectivity index (χ1n) is 7.50. The van der Waals surface area contributed by atoms with Crippen molar-refractivity contribution in [1.29, 1.82) is 0 Å². The van der Waals surface area contributed by atoms with Gasteiger partial charge in [0.1, 0.15) is 0 Å². The van der Waals surface area contributed by atoms with Crippen molar-refractivity contribution in [3.63, 3.8) is 0 Å². The SMILES string of the molecule is CC(=O)N1CCC(C(=O)NCCN2CCOCC2)CC1. The Morgan fingerprint density at radius 2 is 1.80 bits per heavy atom. The van der Waals surface area contributed by atoms with Gasteiger partial charge in [-0.3, -0.25) is 14.5 Å². The highest BCUT2D eigenvalue weighted by Gasteiger charge is 2.25. The summed E-state index contributed by atoms with van der Waals surface area (Å²) in [4.78, 5) is 27.4. The number of ether oxygens (including phenoxy) is 1. The van der Waals surface area contributed by atoms with Gasteiger partial charge < -0.3 is 15.0 Å². The molecule has 20 heavy (non-hydrogen) atoms. The Kier molecular flexibility index (Phi) is 5.79. The van der Waals surface area contributed by atoms with Crippen LogP contribution in [0.25, 0.3) is 0 Å². The fourth-order valence-electron chi connectivity index (χ4n) is 2.76. The van der Waals surface area contributed by atoms with Gasteiger partial charge in [0, 0.05) is 52.1 Å². The molecule has 2 aliphatic rings. The molecule has 0 aromatic carbocycles. The molecule has 2 heterocycles. The second-order valence-corrected chi connectivity index (χ2v) is 5.53. The van der Waals surface area contributed by atoms with E-state index in [0.29, 0.717) is 19.6 Å². The number of likely N-dealkylation sites (tertiary alicyclic amines) is 1. The monoisotopic (exact) mass is 283 g/mol. The van der Waals surface area contributed by atoms with Crippen molar-refractivity contribution in [1.82, 2.24) is 15.1 Å². The van der Waals surface area contributed by atoms with Gasteiger partial charge in [-0.1, -0.05) is 0 Å². The quantitative estimate of drug-likeness (QED) is 0.769. The van der Waals surface area contributed by atoms with Crippen LogP contribution in [0.1, 0.15) is 19.8 Å². The van der Waals surface area contributed by atoms with Gasteiger partial charge in [0.15, 0.2) is 0 Å². The molecule has 0 radical (unpaired) electrons. The second kappa shape index (κ2) is 7.59. The fraction of sp³-hybridized carbons (Fsp3) is 0.857. The third-order valence-electron chi connectivity index (χ3n) is 4.14. The van der Waals surface area contributed by atoms with Crippen molar-refractivity contribution in [2.45, 2.75) is 19.8 Å². The van der Waals surface area contributed by atoms with Crippen molar-refractivity contribution in [2.75, 3.05) is 52.5 Å². The summed E-state index contributed by atoms with van der Waals surface area (Å²) in [5.41, 5.74) is 0. The normalized spacial score (nSPS) is 21.8. The number of morpholine rings is 1. The number of piperidine rings is 1. The number of rotatable bonds is 4. The number of amides is 2. The minimum Gasteiger partial charge on any atom is -0.379 e. The predicted octanol–water partition coefficient (Wildman–Crippen LogP) is -0.307. The largest absolute Gasteiger partial charge is 0.379 e. The summed E-state index contributed by atoms with van der Waals surface area (Å²) in [5, 5.41) is 3.02. The number of carbonyl (C=O) groups is 2. The third-order valence-corrected chi connectivity index (χ3v) is 4.14. The van der Waals surface area contributed by atoms with E-state index in [2.05, 4.69) is 10.2 Å². The van der Waals surface area contributed by atoms with Gasteiger partial charge in [0.2, 0.25) is 11.8 Å². The molecule has 0 bridgehead atoms. The van der Waals surface area contributed by atoms with Crippen molar-refractivity contribution in [2.24, 2.45) is 5.92 Å². The standard InChI is InChI=1S/C14H25N3O3/c1-12(18)17-5-2-13(3-6-17)14(19)15-4-7-16-8-10-20-11-9-16/h13H,2-11H2,1H3,(H,15,19). The Labute approximate surface area is 120 Å². The van der Waals surface area contributed by atoms with Gasteiger partial charge in [-0.2, -0.15) is 0 Å². The molecule has 0 unspecified atom stereocenters. The zero-order valence-electron chi connectivity index (χ0n) is 12.3. The first kappa shape index (κ1) is 15.3. The second-order valence-electron chi connectivity index (χ2n) is 5.53. The highest BCUT2D eigenvalue weighted by Crippen LogP contribution is 2.17. The molecule has 2 saturated heterocycles. The van der Waals surface area contributed by atoms with E-state index >= 15 is 0 Å². The van der Waals surface area contributed by atoms with Crippen LogP contribution in [0.2, 0.25) is 0 Å². The van der Waals surface area contributed by atoms with Gasteiger partial charge in [-0.25, -0.2) is 0 Å². The molecule has 1 N–H and O–H groups in total. The maximum absolute atomic E-state index is 12.1. The molecule has 2 rings (SSSR count). The lowest BCUT2D eigenvalue weighted by molar-refractivity contribution is -0.133. The Hall–Kier alpha value is -1.14.